The van der Waals surface area contributed by atoms with Gasteiger partial charge in [-0.15, -0.1) is 0 Å². The summed E-state index contributed by atoms with van der Waals surface area (Å²) in [4.78, 5) is 13.0. The van der Waals surface area contributed by atoms with Crippen LogP contribution in [0.3, 0.4) is 0 Å². The second kappa shape index (κ2) is 43.1. The molecule has 0 aromatic heterocycles. The smallest absolute Gasteiger partial charge is 0.220 e. The van der Waals surface area contributed by atoms with Gasteiger partial charge in [-0.3, -0.25) is 4.79 Å². The third-order valence-electron chi connectivity index (χ3n) is 13.2. The minimum Gasteiger partial charge on any atom is -0.394 e. The monoisotopic (exact) mass is 870 g/mol. The molecule has 0 aromatic rings. The molecule has 9 heteroatoms. The molecule has 1 saturated heterocycles. The highest BCUT2D eigenvalue weighted by atomic mass is 16.7. The third-order valence-corrected chi connectivity index (χ3v) is 13.2. The fourth-order valence-corrected chi connectivity index (χ4v) is 8.93. The largest absolute Gasteiger partial charge is 0.394 e. The molecule has 1 fully saturated rings. The van der Waals surface area contributed by atoms with E-state index in [0.29, 0.717) is 12.8 Å². The average molecular weight is 870 g/mol. The van der Waals surface area contributed by atoms with Crippen molar-refractivity contribution in [2.45, 2.75) is 314 Å². The van der Waals surface area contributed by atoms with Gasteiger partial charge in [0.1, 0.15) is 24.4 Å². The molecule has 0 saturated carbocycles. The summed E-state index contributed by atoms with van der Waals surface area (Å²) in [7, 11) is 0. The number of amides is 1. The first-order valence-corrected chi connectivity index (χ1v) is 26.7. The molecule has 0 spiro atoms. The number of nitrogens with one attached hydrogen (secondary N) is 1. The number of hydrogen-bond acceptors (Lipinski definition) is 8. The summed E-state index contributed by atoms with van der Waals surface area (Å²) in [6.45, 7) is 3.87. The van der Waals surface area contributed by atoms with Gasteiger partial charge in [-0.25, -0.2) is 0 Å². The molecule has 0 radical (unpaired) electrons. The van der Waals surface area contributed by atoms with Gasteiger partial charge >= 0.3 is 0 Å². The van der Waals surface area contributed by atoms with E-state index in [1.54, 1.807) is 0 Å². The summed E-state index contributed by atoms with van der Waals surface area (Å²) in [6, 6.07) is -0.712. The normalized spacial score (nSPS) is 20.3. The van der Waals surface area contributed by atoms with Gasteiger partial charge in [-0.05, 0) is 12.8 Å². The predicted molar refractivity (Wildman–Crippen MR) is 254 cm³/mol. The Bertz CT molecular complexity index is 924. The van der Waals surface area contributed by atoms with Crippen LogP contribution in [-0.2, 0) is 14.3 Å². The molecule has 1 aliphatic heterocycles. The van der Waals surface area contributed by atoms with Crippen molar-refractivity contribution in [2.75, 3.05) is 13.2 Å². The second-order valence-electron chi connectivity index (χ2n) is 19.0. The van der Waals surface area contributed by atoms with Crippen LogP contribution in [0.15, 0.2) is 0 Å². The maximum Gasteiger partial charge on any atom is 0.220 e. The van der Waals surface area contributed by atoms with E-state index in [1.807, 2.05) is 0 Å². The van der Waals surface area contributed by atoms with Crippen molar-refractivity contribution in [3.05, 3.63) is 0 Å². The Morgan fingerprint density at radius 3 is 1.16 bits per heavy atom. The zero-order valence-electron chi connectivity index (χ0n) is 40.2. The lowest BCUT2D eigenvalue weighted by atomic mass is 9.99. The number of carbonyl (C=O) groups is 1. The summed E-state index contributed by atoms with van der Waals surface area (Å²) in [5.74, 6) is -0.138. The second-order valence-corrected chi connectivity index (χ2v) is 19.0. The van der Waals surface area contributed by atoms with E-state index in [-0.39, 0.29) is 12.5 Å². The molecule has 7 atom stereocenters. The van der Waals surface area contributed by atoms with Gasteiger partial charge in [0, 0.05) is 6.42 Å². The first-order chi connectivity index (χ1) is 29.8. The fourth-order valence-electron chi connectivity index (χ4n) is 8.93. The minimum atomic E-state index is -1.55. The first kappa shape index (κ1) is 58.2. The van der Waals surface area contributed by atoms with Gasteiger partial charge < -0.3 is 40.3 Å². The first-order valence-electron chi connectivity index (χ1n) is 26.7. The van der Waals surface area contributed by atoms with Gasteiger partial charge in [0.2, 0.25) is 5.91 Å². The number of carbonyl (C=O) groups excluding carboxylic acids is 1. The Hall–Kier alpha value is -0.810. The Kier molecular flexibility index (Phi) is 41.1. The lowest BCUT2D eigenvalue weighted by Gasteiger charge is -2.40. The molecule has 1 heterocycles. The van der Waals surface area contributed by atoms with Gasteiger partial charge in [0.05, 0.1) is 25.4 Å². The number of rotatable bonds is 46. The van der Waals surface area contributed by atoms with E-state index in [1.165, 1.54) is 205 Å². The lowest BCUT2D eigenvalue weighted by Crippen LogP contribution is -2.60. The van der Waals surface area contributed by atoms with E-state index in [0.717, 1.165) is 38.5 Å². The number of aliphatic hydroxyl groups excluding tert-OH is 5. The van der Waals surface area contributed by atoms with Crippen LogP contribution in [0.4, 0.5) is 0 Å². The Morgan fingerprint density at radius 2 is 0.820 bits per heavy atom. The van der Waals surface area contributed by atoms with Crippen molar-refractivity contribution >= 4 is 5.91 Å². The summed E-state index contributed by atoms with van der Waals surface area (Å²) >= 11 is 0. The summed E-state index contributed by atoms with van der Waals surface area (Å²) in [6.07, 6.45) is 42.6. The zero-order valence-corrected chi connectivity index (χ0v) is 40.2. The summed E-state index contributed by atoms with van der Waals surface area (Å²) in [5, 5.41) is 54.5. The van der Waals surface area contributed by atoms with Crippen molar-refractivity contribution < 1.29 is 39.8 Å². The van der Waals surface area contributed by atoms with Crippen molar-refractivity contribution in [1.29, 1.82) is 0 Å². The molecule has 2 unspecified atom stereocenters. The van der Waals surface area contributed by atoms with Crippen LogP contribution in [0.1, 0.15) is 271 Å². The van der Waals surface area contributed by atoms with Crippen molar-refractivity contribution in [1.82, 2.24) is 5.32 Å². The van der Waals surface area contributed by atoms with Crippen molar-refractivity contribution in [3.63, 3.8) is 0 Å². The Labute approximate surface area is 376 Å². The third kappa shape index (κ3) is 33.3. The number of unbranched alkanes of at least 4 members (excludes halogenated alkanes) is 36. The molecular formula is C52H103NO8. The van der Waals surface area contributed by atoms with Gasteiger partial charge in [0.25, 0.3) is 0 Å². The molecule has 9 nitrogen and oxygen atoms in total. The summed E-state index contributed by atoms with van der Waals surface area (Å²) < 4.78 is 11.3. The minimum absolute atomic E-state index is 0.131. The number of aliphatic hydroxyl groups is 5. The standard InChI is InChI=1S/C52H103NO8/c1-3-5-7-9-11-13-15-17-19-20-21-22-23-24-25-26-28-30-32-34-36-38-40-42-48(56)53-45(44-60-52-51(59)50(58)49(57)47(43-54)61-52)46(55)41-39-37-35-33-31-29-27-18-16-14-12-10-8-6-4-2/h45-47,49-52,54-55,57-59H,3-44H2,1-2H3,(H,53,56)/t45-,46+,47+,49-,50?,51?,52+/m0/s1. The van der Waals surface area contributed by atoms with Crippen molar-refractivity contribution in [2.24, 2.45) is 0 Å². The zero-order chi connectivity index (χ0) is 44.4. The molecule has 61 heavy (non-hydrogen) atoms. The van der Waals surface area contributed by atoms with Gasteiger partial charge in [-0.2, -0.15) is 0 Å². The summed E-state index contributed by atoms with van der Waals surface area (Å²) in [5.41, 5.74) is 0. The molecule has 0 aromatic carbocycles. The number of ether oxygens (including phenoxy) is 2. The number of hydrogen-bond donors (Lipinski definition) is 6. The van der Waals surface area contributed by atoms with Gasteiger partial charge in [0.15, 0.2) is 6.29 Å². The lowest BCUT2D eigenvalue weighted by molar-refractivity contribution is -0.302. The molecule has 0 aliphatic carbocycles. The van der Waals surface area contributed by atoms with Crippen LogP contribution < -0.4 is 5.32 Å². The Morgan fingerprint density at radius 1 is 0.492 bits per heavy atom. The van der Waals surface area contributed by atoms with Crippen LogP contribution in [0.25, 0.3) is 0 Å². The van der Waals surface area contributed by atoms with Crippen LogP contribution >= 0.6 is 0 Å². The average Bonchev–Trinajstić information content (AvgIpc) is 3.26. The predicted octanol–water partition coefficient (Wildman–Crippen LogP) is 12.3. The topological polar surface area (TPSA) is 149 Å². The molecule has 1 amide bonds. The fraction of sp³-hybridized carbons (Fsp3) is 0.981. The van der Waals surface area contributed by atoms with E-state index in [9.17, 15) is 30.3 Å². The molecule has 364 valence electrons. The van der Waals surface area contributed by atoms with Crippen LogP contribution in [0, 0.1) is 0 Å². The quantitative estimate of drug-likeness (QED) is 0.0331. The van der Waals surface area contributed by atoms with Crippen LogP contribution in [0.5, 0.6) is 0 Å². The highest BCUT2D eigenvalue weighted by Crippen LogP contribution is 2.23. The van der Waals surface area contributed by atoms with Gasteiger partial charge in [-0.1, -0.05) is 251 Å². The maximum absolute atomic E-state index is 13.0. The van der Waals surface area contributed by atoms with E-state index >= 15 is 0 Å². The van der Waals surface area contributed by atoms with E-state index in [2.05, 4.69) is 19.2 Å². The maximum atomic E-state index is 13.0. The molecule has 1 rings (SSSR count). The molecule has 6 N–H and O–H groups in total. The van der Waals surface area contributed by atoms with E-state index in [4.69, 9.17) is 9.47 Å². The highest BCUT2D eigenvalue weighted by Gasteiger charge is 2.44. The van der Waals surface area contributed by atoms with Crippen LogP contribution in [0.2, 0.25) is 0 Å². The van der Waals surface area contributed by atoms with Crippen molar-refractivity contribution in [3.8, 4) is 0 Å². The molecule has 0 bridgehead atoms. The molecular weight excluding hydrogens is 767 g/mol. The highest BCUT2D eigenvalue weighted by molar-refractivity contribution is 5.76. The Balaban J connectivity index is 2.21. The van der Waals surface area contributed by atoms with E-state index < -0.39 is 49.5 Å². The SMILES string of the molecule is CCCCCCCCCCCCCCCCCCCCCCCCCC(=O)N[C@@H](CO[C@@H]1O[C@H](CO)[C@H](O)C(O)C1O)[C@H](O)CCCCCCCCCCCCCCCCC. The molecule has 1 aliphatic rings. The van der Waals surface area contributed by atoms with Crippen LogP contribution in [-0.4, -0.2) is 87.5 Å².